The number of benzene rings is 2. The van der Waals surface area contributed by atoms with Crippen LogP contribution in [0, 0.1) is 0 Å². The summed E-state index contributed by atoms with van der Waals surface area (Å²) in [6.45, 7) is 0. The largest absolute Gasteiger partial charge is 0.495 e. The zero-order valence-corrected chi connectivity index (χ0v) is 14.9. The molecule has 3 aromatic rings. The highest BCUT2D eigenvalue weighted by molar-refractivity contribution is 9.10. The number of amides is 1. The van der Waals surface area contributed by atoms with Crippen LogP contribution in [0.1, 0.15) is 10.4 Å². The van der Waals surface area contributed by atoms with Gasteiger partial charge in [0.25, 0.3) is 5.91 Å². The highest BCUT2D eigenvalue weighted by atomic mass is 79.9. The normalized spacial score (nSPS) is 10.2. The van der Waals surface area contributed by atoms with Crippen molar-refractivity contribution >= 4 is 39.2 Å². The van der Waals surface area contributed by atoms with E-state index in [4.69, 9.17) is 4.74 Å². The van der Waals surface area contributed by atoms with Crippen LogP contribution >= 0.6 is 15.9 Å². The van der Waals surface area contributed by atoms with E-state index in [9.17, 15) is 4.79 Å². The Hall–Kier alpha value is -2.93. The first-order valence-electron chi connectivity index (χ1n) is 7.45. The van der Waals surface area contributed by atoms with Gasteiger partial charge in [0.2, 0.25) is 5.95 Å². The van der Waals surface area contributed by atoms with Gasteiger partial charge >= 0.3 is 0 Å². The zero-order chi connectivity index (χ0) is 17.6. The van der Waals surface area contributed by atoms with Gasteiger partial charge in [-0.15, -0.1) is 0 Å². The van der Waals surface area contributed by atoms with E-state index in [1.807, 2.05) is 42.5 Å². The minimum atomic E-state index is -0.276. The molecule has 2 aromatic carbocycles. The summed E-state index contributed by atoms with van der Waals surface area (Å²) in [5, 5.41) is 5.86. The molecule has 25 heavy (non-hydrogen) atoms. The first kappa shape index (κ1) is 16.9. The van der Waals surface area contributed by atoms with Crippen molar-refractivity contribution in [1.82, 2.24) is 9.97 Å². The van der Waals surface area contributed by atoms with Gasteiger partial charge in [-0.2, -0.15) is 0 Å². The third-order valence-corrected chi connectivity index (χ3v) is 3.84. The van der Waals surface area contributed by atoms with Crippen molar-refractivity contribution in [3.8, 4) is 5.75 Å². The van der Waals surface area contributed by atoms with Crippen molar-refractivity contribution in [2.45, 2.75) is 0 Å². The summed E-state index contributed by atoms with van der Waals surface area (Å²) in [5.41, 5.74) is 1.80. The molecule has 0 aliphatic carbocycles. The SMILES string of the molecule is COc1ccccc1Nc1ncc(C(=O)Nc2cccc(Br)c2)cn1. The number of para-hydroxylation sites is 2. The summed E-state index contributed by atoms with van der Waals surface area (Å²) < 4.78 is 6.16. The van der Waals surface area contributed by atoms with Crippen LogP contribution in [0.25, 0.3) is 0 Å². The Morgan fingerprint density at radius 3 is 2.56 bits per heavy atom. The fourth-order valence-corrected chi connectivity index (χ4v) is 2.55. The Labute approximate surface area is 153 Å². The van der Waals surface area contributed by atoms with Crippen LogP contribution in [0.3, 0.4) is 0 Å². The molecule has 0 spiro atoms. The van der Waals surface area contributed by atoms with E-state index in [-0.39, 0.29) is 5.91 Å². The molecule has 7 heteroatoms. The molecule has 0 saturated heterocycles. The molecule has 0 atom stereocenters. The Bertz CT molecular complexity index is 884. The van der Waals surface area contributed by atoms with Crippen molar-refractivity contribution in [3.63, 3.8) is 0 Å². The molecule has 3 rings (SSSR count). The summed E-state index contributed by atoms with van der Waals surface area (Å²) in [7, 11) is 1.59. The second-order valence-corrected chi connectivity index (χ2v) is 6.00. The first-order valence-corrected chi connectivity index (χ1v) is 8.24. The Kier molecular flexibility index (Phi) is 5.25. The predicted molar refractivity (Wildman–Crippen MR) is 100 cm³/mol. The van der Waals surface area contributed by atoms with Crippen molar-refractivity contribution in [1.29, 1.82) is 0 Å². The zero-order valence-electron chi connectivity index (χ0n) is 13.4. The summed E-state index contributed by atoms with van der Waals surface area (Å²) in [5.74, 6) is 0.785. The van der Waals surface area contributed by atoms with Crippen LogP contribution in [0.5, 0.6) is 5.75 Å². The average molecular weight is 399 g/mol. The molecule has 0 aliphatic heterocycles. The second kappa shape index (κ2) is 7.76. The lowest BCUT2D eigenvalue weighted by molar-refractivity contribution is 0.102. The van der Waals surface area contributed by atoms with Crippen LogP contribution in [-0.2, 0) is 0 Å². The van der Waals surface area contributed by atoms with E-state index >= 15 is 0 Å². The molecular weight excluding hydrogens is 384 g/mol. The maximum atomic E-state index is 12.2. The summed E-state index contributed by atoms with van der Waals surface area (Å²) in [6.07, 6.45) is 2.94. The maximum absolute atomic E-state index is 12.2. The molecule has 0 saturated carbocycles. The number of nitrogens with zero attached hydrogens (tertiary/aromatic N) is 2. The highest BCUT2D eigenvalue weighted by Gasteiger charge is 2.09. The monoisotopic (exact) mass is 398 g/mol. The number of hydrogen-bond acceptors (Lipinski definition) is 5. The molecule has 0 bridgehead atoms. The molecule has 1 aromatic heterocycles. The quantitative estimate of drug-likeness (QED) is 0.671. The maximum Gasteiger partial charge on any atom is 0.258 e. The van der Waals surface area contributed by atoms with E-state index in [1.165, 1.54) is 12.4 Å². The van der Waals surface area contributed by atoms with Crippen LogP contribution in [-0.4, -0.2) is 23.0 Å². The van der Waals surface area contributed by atoms with Gasteiger partial charge < -0.3 is 15.4 Å². The summed E-state index contributed by atoms with van der Waals surface area (Å²) >= 11 is 3.37. The van der Waals surface area contributed by atoms with Gasteiger partial charge in [0, 0.05) is 22.6 Å². The minimum absolute atomic E-state index is 0.276. The number of hydrogen-bond donors (Lipinski definition) is 2. The fourth-order valence-electron chi connectivity index (χ4n) is 2.15. The summed E-state index contributed by atoms with van der Waals surface area (Å²) in [4.78, 5) is 20.6. The van der Waals surface area contributed by atoms with Gasteiger partial charge in [0.1, 0.15) is 5.75 Å². The van der Waals surface area contributed by atoms with Gasteiger partial charge in [0.15, 0.2) is 0 Å². The number of rotatable bonds is 5. The number of methoxy groups -OCH3 is 1. The molecule has 0 aliphatic rings. The molecule has 6 nitrogen and oxygen atoms in total. The third kappa shape index (κ3) is 4.33. The minimum Gasteiger partial charge on any atom is -0.495 e. The van der Waals surface area contributed by atoms with E-state index in [0.717, 1.165) is 10.2 Å². The lowest BCUT2D eigenvalue weighted by atomic mass is 10.3. The van der Waals surface area contributed by atoms with Gasteiger partial charge in [-0.1, -0.05) is 34.1 Å². The van der Waals surface area contributed by atoms with E-state index in [1.54, 1.807) is 13.2 Å². The Morgan fingerprint density at radius 1 is 1.08 bits per heavy atom. The number of carbonyl (C=O) groups is 1. The van der Waals surface area contributed by atoms with Crippen LogP contribution in [0.2, 0.25) is 0 Å². The molecule has 2 N–H and O–H groups in total. The molecule has 126 valence electrons. The Morgan fingerprint density at radius 2 is 1.84 bits per heavy atom. The molecule has 1 amide bonds. The number of anilines is 3. The van der Waals surface area contributed by atoms with Crippen LogP contribution in [0.4, 0.5) is 17.3 Å². The standard InChI is InChI=1S/C18H15BrN4O2/c1-25-16-8-3-2-7-15(16)23-18-20-10-12(11-21-18)17(24)22-14-6-4-5-13(19)9-14/h2-11H,1H3,(H,22,24)(H,20,21,23). The topological polar surface area (TPSA) is 76.1 Å². The van der Waals surface area contributed by atoms with Gasteiger partial charge in [-0.3, -0.25) is 4.79 Å². The molecule has 1 heterocycles. The fraction of sp³-hybridized carbons (Fsp3) is 0.0556. The van der Waals surface area contributed by atoms with Crippen LogP contribution in [0.15, 0.2) is 65.4 Å². The molecular formula is C18H15BrN4O2. The van der Waals surface area contributed by atoms with Crippen molar-refractivity contribution in [3.05, 3.63) is 71.0 Å². The number of nitrogens with one attached hydrogen (secondary N) is 2. The van der Waals surface area contributed by atoms with Crippen LogP contribution < -0.4 is 15.4 Å². The molecule has 0 radical (unpaired) electrons. The van der Waals surface area contributed by atoms with E-state index in [2.05, 4.69) is 36.5 Å². The number of halogens is 1. The first-order chi connectivity index (χ1) is 12.2. The average Bonchev–Trinajstić information content (AvgIpc) is 2.63. The predicted octanol–water partition coefficient (Wildman–Crippen LogP) is 4.24. The number of aromatic nitrogens is 2. The van der Waals surface area contributed by atoms with Gasteiger partial charge in [-0.25, -0.2) is 9.97 Å². The molecule has 0 fully saturated rings. The molecule has 0 unspecified atom stereocenters. The van der Waals surface area contributed by atoms with Gasteiger partial charge in [-0.05, 0) is 30.3 Å². The second-order valence-electron chi connectivity index (χ2n) is 5.09. The third-order valence-electron chi connectivity index (χ3n) is 3.35. The van der Waals surface area contributed by atoms with Gasteiger partial charge in [0.05, 0.1) is 18.4 Å². The van der Waals surface area contributed by atoms with E-state index < -0.39 is 0 Å². The van der Waals surface area contributed by atoms with Crippen molar-refractivity contribution < 1.29 is 9.53 Å². The van der Waals surface area contributed by atoms with Crippen molar-refractivity contribution in [2.24, 2.45) is 0 Å². The highest BCUT2D eigenvalue weighted by Crippen LogP contribution is 2.25. The van der Waals surface area contributed by atoms with E-state index in [0.29, 0.717) is 22.9 Å². The smallest absolute Gasteiger partial charge is 0.258 e. The lowest BCUT2D eigenvalue weighted by Crippen LogP contribution is -2.13. The number of ether oxygens (including phenoxy) is 1. The van der Waals surface area contributed by atoms with Crippen molar-refractivity contribution in [2.75, 3.05) is 17.7 Å². The number of carbonyl (C=O) groups excluding carboxylic acids is 1. The summed E-state index contributed by atoms with van der Waals surface area (Å²) in [6, 6.07) is 14.8. The lowest BCUT2D eigenvalue weighted by Gasteiger charge is -2.10. The Balaban J connectivity index is 1.70.